The van der Waals surface area contributed by atoms with Crippen LogP contribution in [0.4, 0.5) is 0 Å². The highest BCUT2D eigenvalue weighted by Crippen LogP contribution is 2.34. The second-order valence-electron chi connectivity index (χ2n) is 6.59. The Morgan fingerprint density at radius 1 is 1.00 bits per heavy atom. The number of aryl methyl sites for hydroxylation is 1. The van der Waals surface area contributed by atoms with E-state index in [0.717, 1.165) is 17.6 Å². The zero-order valence-corrected chi connectivity index (χ0v) is 18.1. The average molecular weight is 451 g/mol. The molecule has 0 aliphatic heterocycles. The maximum absolute atomic E-state index is 12.8. The predicted molar refractivity (Wildman–Crippen MR) is 112 cm³/mol. The lowest BCUT2D eigenvalue weighted by molar-refractivity contribution is 0.0701. The van der Waals surface area contributed by atoms with E-state index in [2.05, 4.69) is 0 Å². The normalized spacial score (nSPS) is 12.1. The third-order valence-corrected chi connectivity index (χ3v) is 8.51. The van der Waals surface area contributed by atoms with Crippen molar-refractivity contribution < 1.29 is 26.7 Å². The predicted octanol–water partition coefficient (Wildman–Crippen LogP) is 3.80. The fourth-order valence-electron chi connectivity index (χ4n) is 2.91. The second-order valence-corrected chi connectivity index (χ2v) is 11.6. The van der Waals surface area contributed by atoms with Crippen LogP contribution in [0.25, 0.3) is 10.4 Å². The number of carboxylic acid groups (broad SMARTS) is 1. The topological polar surface area (TPSA) is 106 Å². The minimum absolute atomic E-state index is 0.0515. The van der Waals surface area contributed by atoms with Gasteiger partial charge in [0.05, 0.1) is 15.5 Å². The lowest BCUT2D eigenvalue weighted by Gasteiger charge is -2.07. The first-order valence-electron chi connectivity index (χ1n) is 8.44. The number of aromatic carboxylic acids is 1. The van der Waals surface area contributed by atoms with E-state index in [0.29, 0.717) is 16.0 Å². The van der Waals surface area contributed by atoms with Gasteiger partial charge in [0, 0.05) is 11.1 Å². The number of rotatable bonds is 6. The molecule has 9 heteroatoms. The third kappa shape index (κ3) is 4.58. The standard InChI is InChI=1S/C20H18O6S3/c1-13-5-3-4-6-18(13)29(25,26)12-15-11-17(27-19(15)20(21)22)14-7-9-16(10-8-14)28(2,23)24/h3-11H,12H2,1-2H3,(H,21,22). The minimum Gasteiger partial charge on any atom is -0.477 e. The van der Waals surface area contributed by atoms with Crippen LogP contribution in [0.2, 0.25) is 0 Å². The summed E-state index contributed by atoms with van der Waals surface area (Å²) < 4.78 is 48.9. The van der Waals surface area contributed by atoms with E-state index in [4.69, 9.17) is 0 Å². The molecular formula is C20H18O6S3. The minimum atomic E-state index is -3.73. The molecule has 1 N–H and O–H groups in total. The van der Waals surface area contributed by atoms with Gasteiger partial charge in [-0.2, -0.15) is 0 Å². The first kappa shape index (κ1) is 21.2. The van der Waals surface area contributed by atoms with Crippen LogP contribution in [0.5, 0.6) is 0 Å². The third-order valence-electron chi connectivity index (χ3n) is 4.34. The molecule has 2 aromatic carbocycles. The zero-order valence-electron chi connectivity index (χ0n) is 15.6. The number of sulfone groups is 2. The lowest BCUT2D eigenvalue weighted by atomic mass is 10.1. The Hall–Kier alpha value is -2.49. The van der Waals surface area contributed by atoms with E-state index >= 15 is 0 Å². The second kappa shape index (κ2) is 7.74. The molecule has 6 nitrogen and oxygen atoms in total. The molecular weight excluding hydrogens is 432 g/mol. The summed E-state index contributed by atoms with van der Waals surface area (Å²) in [7, 11) is -7.08. The summed E-state index contributed by atoms with van der Waals surface area (Å²) in [5, 5.41) is 9.53. The Morgan fingerprint density at radius 3 is 2.17 bits per heavy atom. The Balaban J connectivity index is 2.02. The molecule has 0 saturated carbocycles. The molecule has 0 spiro atoms. The van der Waals surface area contributed by atoms with Gasteiger partial charge in [0.25, 0.3) is 0 Å². The summed E-state index contributed by atoms with van der Waals surface area (Å²) in [4.78, 5) is 12.5. The monoisotopic (exact) mass is 450 g/mol. The van der Waals surface area contributed by atoms with Crippen LogP contribution in [0.15, 0.2) is 64.4 Å². The van der Waals surface area contributed by atoms with Crippen molar-refractivity contribution in [3.63, 3.8) is 0 Å². The summed E-state index contributed by atoms with van der Waals surface area (Å²) in [6.07, 6.45) is 1.10. The molecule has 0 aliphatic carbocycles. The quantitative estimate of drug-likeness (QED) is 0.612. The van der Waals surface area contributed by atoms with E-state index in [1.807, 2.05) is 0 Å². The van der Waals surface area contributed by atoms with Crippen molar-refractivity contribution in [2.45, 2.75) is 22.5 Å². The molecule has 0 aliphatic rings. The van der Waals surface area contributed by atoms with Gasteiger partial charge in [0.15, 0.2) is 19.7 Å². The zero-order chi connectivity index (χ0) is 21.4. The highest BCUT2D eigenvalue weighted by molar-refractivity contribution is 7.91. The SMILES string of the molecule is Cc1ccccc1S(=O)(=O)Cc1cc(-c2ccc(S(C)(=O)=O)cc2)sc1C(=O)O. The summed E-state index contributed by atoms with van der Waals surface area (Å²) in [5.41, 5.74) is 1.41. The molecule has 0 amide bonds. The lowest BCUT2D eigenvalue weighted by Crippen LogP contribution is -2.08. The maximum Gasteiger partial charge on any atom is 0.346 e. The molecule has 0 fully saturated rings. The van der Waals surface area contributed by atoms with Crippen LogP contribution in [0, 0.1) is 6.92 Å². The first-order valence-corrected chi connectivity index (χ1v) is 12.8. The van der Waals surface area contributed by atoms with Crippen molar-refractivity contribution >= 4 is 37.0 Å². The number of thiophene rings is 1. The number of carbonyl (C=O) groups is 1. The first-order chi connectivity index (χ1) is 13.5. The van der Waals surface area contributed by atoms with Crippen molar-refractivity contribution in [1.29, 1.82) is 0 Å². The van der Waals surface area contributed by atoms with E-state index in [1.165, 1.54) is 18.2 Å². The highest BCUT2D eigenvalue weighted by atomic mass is 32.2. The number of hydrogen-bond acceptors (Lipinski definition) is 6. The maximum atomic E-state index is 12.8. The Labute approximate surface area is 173 Å². The van der Waals surface area contributed by atoms with Gasteiger partial charge in [-0.1, -0.05) is 30.3 Å². The van der Waals surface area contributed by atoms with E-state index < -0.39 is 31.4 Å². The Kier molecular flexibility index (Phi) is 5.66. The van der Waals surface area contributed by atoms with Crippen molar-refractivity contribution in [2.75, 3.05) is 6.26 Å². The van der Waals surface area contributed by atoms with Crippen molar-refractivity contribution in [1.82, 2.24) is 0 Å². The van der Waals surface area contributed by atoms with Gasteiger partial charge in [-0.05, 0) is 47.9 Å². The van der Waals surface area contributed by atoms with Crippen LogP contribution in [0.3, 0.4) is 0 Å². The van der Waals surface area contributed by atoms with Crippen LogP contribution < -0.4 is 0 Å². The van der Waals surface area contributed by atoms with Crippen LogP contribution in [0.1, 0.15) is 20.8 Å². The Morgan fingerprint density at radius 2 is 1.62 bits per heavy atom. The van der Waals surface area contributed by atoms with Crippen molar-refractivity contribution in [3.8, 4) is 10.4 Å². The largest absolute Gasteiger partial charge is 0.477 e. The summed E-state index contributed by atoms with van der Waals surface area (Å²) in [5.74, 6) is -1.64. The van der Waals surface area contributed by atoms with Crippen LogP contribution >= 0.6 is 11.3 Å². The molecule has 29 heavy (non-hydrogen) atoms. The van der Waals surface area contributed by atoms with Crippen LogP contribution in [-0.4, -0.2) is 34.2 Å². The molecule has 0 saturated heterocycles. The molecule has 3 aromatic rings. The van der Waals surface area contributed by atoms with E-state index in [9.17, 15) is 26.7 Å². The van der Waals surface area contributed by atoms with Crippen molar-refractivity contribution in [2.24, 2.45) is 0 Å². The summed E-state index contributed by atoms with van der Waals surface area (Å²) >= 11 is 0.961. The number of carboxylic acids is 1. The molecule has 0 unspecified atom stereocenters. The van der Waals surface area contributed by atoms with Gasteiger partial charge >= 0.3 is 5.97 Å². The molecule has 1 aromatic heterocycles. The molecule has 1 heterocycles. The number of hydrogen-bond donors (Lipinski definition) is 1. The molecule has 152 valence electrons. The van der Waals surface area contributed by atoms with Crippen molar-refractivity contribution in [3.05, 3.63) is 70.6 Å². The average Bonchev–Trinajstić information content (AvgIpc) is 3.04. The smallest absolute Gasteiger partial charge is 0.346 e. The van der Waals surface area contributed by atoms with Gasteiger partial charge in [0.2, 0.25) is 0 Å². The highest BCUT2D eigenvalue weighted by Gasteiger charge is 2.24. The summed E-state index contributed by atoms with van der Waals surface area (Å²) in [6, 6.07) is 14.1. The fourth-order valence-corrected chi connectivity index (χ4v) is 6.30. The molecule has 0 radical (unpaired) electrons. The Bertz CT molecular complexity index is 1280. The van der Waals surface area contributed by atoms with Gasteiger partial charge in [0.1, 0.15) is 4.88 Å². The number of benzene rings is 2. The molecule has 0 bridgehead atoms. The molecule has 3 rings (SSSR count). The summed E-state index contributed by atoms with van der Waals surface area (Å²) in [6.45, 7) is 1.69. The van der Waals surface area contributed by atoms with Gasteiger partial charge in [-0.25, -0.2) is 21.6 Å². The van der Waals surface area contributed by atoms with E-state index in [1.54, 1.807) is 43.3 Å². The fraction of sp³-hybridized carbons (Fsp3) is 0.150. The van der Waals surface area contributed by atoms with Gasteiger partial charge in [-0.15, -0.1) is 11.3 Å². The van der Waals surface area contributed by atoms with Gasteiger partial charge < -0.3 is 5.11 Å². The van der Waals surface area contributed by atoms with E-state index in [-0.39, 0.29) is 20.2 Å². The van der Waals surface area contributed by atoms with Gasteiger partial charge in [-0.3, -0.25) is 0 Å². The van der Waals surface area contributed by atoms with Crippen LogP contribution in [-0.2, 0) is 25.4 Å². The molecule has 0 atom stereocenters.